The summed E-state index contributed by atoms with van der Waals surface area (Å²) in [5, 5.41) is 7.20. The van der Waals surface area contributed by atoms with Gasteiger partial charge in [0.15, 0.2) is 0 Å². The Morgan fingerprint density at radius 3 is 2.59 bits per heavy atom. The molecule has 102 valence electrons. The van der Waals surface area contributed by atoms with E-state index in [4.69, 9.17) is 4.74 Å². The van der Waals surface area contributed by atoms with Gasteiger partial charge in [-0.25, -0.2) is 0 Å². The third kappa shape index (κ3) is 5.36. The van der Waals surface area contributed by atoms with Crippen molar-refractivity contribution >= 4 is 0 Å². The Morgan fingerprint density at radius 1 is 1.18 bits per heavy atom. The Kier molecular flexibility index (Phi) is 7.82. The van der Waals surface area contributed by atoms with Crippen molar-refractivity contribution in [1.82, 2.24) is 10.6 Å². The van der Waals surface area contributed by atoms with E-state index in [-0.39, 0.29) is 0 Å². The molecule has 2 atom stereocenters. The van der Waals surface area contributed by atoms with E-state index in [1.807, 2.05) is 0 Å². The molecular formula is C14H30N2O. The second kappa shape index (κ2) is 8.90. The van der Waals surface area contributed by atoms with E-state index in [1.165, 1.54) is 19.3 Å². The highest BCUT2D eigenvalue weighted by atomic mass is 16.5. The molecule has 1 aliphatic rings. The fraction of sp³-hybridized carbons (Fsp3) is 1.00. The molecule has 1 fully saturated rings. The normalized spacial score (nSPS) is 24.7. The first kappa shape index (κ1) is 14.9. The summed E-state index contributed by atoms with van der Waals surface area (Å²) in [5.41, 5.74) is 0. The third-order valence-corrected chi connectivity index (χ3v) is 3.85. The number of ether oxygens (including phenoxy) is 1. The van der Waals surface area contributed by atoms with Gasteiger partial charge in [-0.1, -0.05) is 33.6 Å². The highest BCUT2D eigenvalue weighted by molar-refractivity contribution is 4.82. The van der Waals surface area contributed by atoms with E-state index in [9.17, 15) is 0 Å². The molecule has 0 spiro atoms. The van der Waals surface area contributed by atoms with Crippen LogP contribution in [0.4, 0.5) is 0 Å². The molecule has 17 heavy (non-hydrogen) atoms. The topological polar surface area (TPSA) is 33.3 Å². The van der Waals surface area contributed by atoms with Crippen LogP contribution in [0.15, 0.2) is 0 Å². The highest BCUT2D eigenvalue weighted by Crippen LogP contribution is 2.13. The molecule has 1 rings (SSSR count). The predicted octanol–water partition coefficient (Wildman–Crippen LogP) is 2.03. The fourth-order valence-electron chi connectivity index (χ4n) is 2.41. The zero-order chi connectivity index (χ0) is 12.5. The van der Waals surface area contributed by atoms with E-state index in [0.29, 0.717) is 12.0 Å². The molecule has 3 nitrogen and oxygen atoms in total. The van der Waals surface area contributed by atoms with Crippen molar-refractivity contribution in [3.05, 3.63) is 0 Å². The fourth-order valence-corrected chi connectivity index (χ4v) is 2.41. The summed E-state index contributed by atoms with van der Waals surface area (Å²) in [6.07, 6.45) is 3.76. The van der Waals surface area contributed by atoms with Crippen LogP contribution >= 0.6 is 0 Å². The minimum atomic E-state index is 0.559. The summed E-state index contributed by atoms with van der Waals surface area (Å²) in [4.78, 5) is 0. The lowest BCUT2D eigenvalue weighted by Gasteiger charge is -2.21. The van der Waals surface area contributed by atoms with Crippen LogP contribution in [0.2, 0.25) is 0 Å². The number of rotatable bonds is 9. The van der Waals surface area contributed by atoms with Crippen molar-refractivity contribution in [3.63, 3.8) is 0 Å². The highest BCUT2D eigenvalue weighted by Gasteiger charge is 2.27. The molecule has 0 aliphatic carbocycles. The Hall–Kier alpha value is -0.120. The van der Waals surface area contributed by atoms with Gasteiger partial charge in [-0.15, -0.1) is 0 Å². The summed E-state index contributed by atoms with van der Waals surface area (Å²) in [6, 6.07) is 0.559. The molecule has 0 amide bonds. The van der Waals surface area contributed by atoms with Gasteiger partial charge in [0.05, 0.1) is 13.2 Å². The Labute approximate surface area is 107 Å². The standard InChI is InChI=1S/C14H30N2O/c1-4-7-16-14-11-17-10-13(14)9-15-8-12(5-2)6-3/h12-16H,4-11H2,1-3H3. The lowest BCUT2D eigenvalue weighted by Crippen LogP contribution is -2.41. The summed E-state index contributed by atoms with van der Waals surface area (Å²) < 4.78 is 5.57. The lowest BCUT2D eigenvalue weighted by atomic mass is 10.0. The van der Waals surface area contributed by atoms with Crippen LogP contribution in [0, 0.1) is 11.8 Å². The maximum atomic E-state index is 5.57. The van der Waals surface area contributed by atoms with Crippen molar-refractivity contribution in [3.8, 4) is 0 Å². The first-order valence-electron chi connectivity index (χ1n) is 7.33. The zero-order valence-corrected chi connectivity index (χ0v) is 11.8. The maximum Gasteiger partial charge on any atom is 0.0623 e. The molecule has 3 heteroatoms. The Morgan fingerprint density at radius 2 is 1.94 bits per heavy atom. The van der Waals surface area contributed by atoms with Crippen LogP contribution in [-0.2, 0) is 4.74 Å². The van der Waals surface area contributed by atoms with Gasteiger partial charge in [-0.2, -0.15) is 0 Å². The maximum absolute atomic E-state index is 5.57. The average Bonchev–Trinajstić information content (AvgIpc) is 2.79. The van der Waals surface area contributed by atoms with E-state index < -0.39 is 0 Å². The smallest absolute Gasteiger partial charge is 0.0623 e. The lowest BCUT2D eigenvalue weighted by molar-refractivity contribution is 0.182. The minimum Gasteiger partial charge on any atom is -0.379 e. The largest absolute Gasteiger partial charge is 0.379 e. The SMILES string of the molecule is CCCNC1COCC1CNCC(CC)CC. The summed E-state index contributed by atoms with van der Waals surface area (Å²) in [5.74, 6) is 1.48. The first-order chi connectivity index (χ1) is 8.31. The monoisotopic (exact) mass is 242 g/mol. The summed E-state index contributed by atoms with van der Waals surface area (Å²) >= 11 is 0. The van der Waals surface area contributed by atoms with Gasteiger partial charge >= 0.3 is 0 Å². The van der Waals surface area contributed by atoms with Crippen molar-refractivity contribution in [2.75, 3.05) is 32.8 Å². The number of nitrogens with one attached hydrogen (secondary N) is 2. The molecule has 2 N–H and O–H groups in total. The van der Waals surface area contributed by atoms with Crippen LogP contribution in [-0.4, -0.2) is 38.9 Å². The molecule has 0 saturated carbocycles. The van der Waals surface area contributed by atoms with Gasteiger partial charge in [-0.05, 0) is 25.4 Å². The van der Waals surface area contributed by atoms with Crippen LogP contribution in [0.5, 0.6) is 0 Å². The second-order valence-corrected chi connectivity index (χ2v) is 5.20. The number of hydrogen-bond donors (Lipinski definition) is 2. The quantitative estimate of drug-likeness (QED) is 0.649. The van der Waals surface area contributed by atoms with Crippen molar-refractivity contribution in [1.29, 1.82) is 0 Å². The molecule has 0 aromatic carbocycles. The molecule has 1 saturated heterocycles. The van der Waals surface area contributed by atoms with Gasteiger partial charge in [0.2, 0.25) is 0 Å². The van der Waals surface area contributed by atoms with Crippen LogP contribution in [0.1, 0.15) is 40.0 Å². The second-order valence-electron chi connectivity index (χ2n) is 5.20. The molecule has 1 heterocycles. The summed E-state index contributed by atoms with van der Waals surface area (Å²) in [7, 11) is 0. The van der Waals surface area contributed by atoms with E-state index >= 15 is 0 Å². The van der Waals surface area contributed by atoms with E-state index in [1.54, 1.807) is 0 Å². The van der Waals surface area contributed by atoms with Crippen molar-refractivity contribution in [2.24, 2.45) is 11.8 Å². The first-order valence-corrected chi connectivity index (χ1v) is 7.33. The molecule has 0 bridgehead atoms. The predicted molar refractivity (Wildman–Crippen MR) is 73.3 cm³/mol. The van der Waals surface area contributed by atoms with Gasteiger partial charge in [-0.3, -0.25) is 0 Å². The van der Waals surface area contributed by atoms with Crippen molar-refractivity contribution < 1.29 is 4.74 Å². The van der Waals surface area contributed by atoms with Gasteiger partial charge in [0, 0.05) is 18.5 Å². The zero-order valence-electron chi connectivity index (χ0n) is 11.8. The molecule has 0 aromatic heterocycles. The molecule has 1 aliphatic heterocycles. The van der Waals surface area contributed by atoms with Gasteiger partial charge < -0.3 is 15.4 Å². The molecule has 2 unspecified atom stereocenters. The van der Waals surface area contributed by atoms with Gasteiger partial charge in [0.25, 0.3) is 0 Å². The minimum absolute atomic E-state index is 0.559. The van der Waals surface area contributed by atoms with E-state index in [2.05, 4.69) is 31.4 Å². The summed E-state index contributed by atoms with van der Waals surface area (Å²) in [6.45, 7) is 11.9. The Bertz CT molecular complexity index is 183. The Balaban J connectivity index is 2.16. The molecule has 0 aromatic rings. The van der Waals surface area contributed by atoms with Crippen molar-refractivity contribution in [2.45, 2.75) is 46.1 Å². The average molecular weight is 242 g/mol. The van der Waals surface area contributed by atoms with E-state index in [0.717, 1.165) is 38.8 Å². The third-order valence-electron chi connectivity index (χ3n) is 3.85. The molecular weight excluding hydrogens is 212 g/mol. The van der Waals surface area contributed by atoms with Gasteiger partial charge in [0.1, 0.15) is 0 Å². The van der Waals surface area contributed by atoms with Crippen LogP contribution < -0.4 is 10.6 Å². The number of hydrogen-bond acceptors (Lipinski definition) is 3. The van der Waals surface area contributed by atoms with Crippen LogP contribution in [0.25, 0.3) is 0 Å². The van der Waals surface area contributed by atoms with Crippen LogP contribution in [0.3, 0.4) is 0 Å². The molecule has 0 radical (unpaired) electrons.